The van der Waals surface area contributed by atoms with Crippen molar-refractivity contribution in [2.75, 3.05) is 11.9 Å². The minimum Gasteiger partial charge on any atom is -0.463 e. The number of nitrogens with zero attached hydrogens (tertiary/aromatic N) is 1. The third kappa shape index (κ3) is 3.61. The monoisotopic (exact) mass is 413 g/mol. The number of H-pyrrole nitrogens is 1. The summed E-state index contributed by atoms with van der Waals surface area (Å²) in [6, 6.07) is 3.70. The number of rotatable bonds is 5. The van der Waals surface area contributed by atoms with Gasteiger partial charge in [-0.15, -0.1) is 0 Å². The van der Waals surface area contributed by atoms with Crippen LogP contribution in [0.4, 0.5) is 19.0 Å². The summed E-state index contributed by atoms with van der Waals surface area (Å²) in [7, 11) is 0. The maximum atomic E-state index is 13.4. The molecule has 0 fully saturated rings. The Morgan fingerprint density at radius 3 is 2.68 bits per heavy atom. The summed E-state index contributed by atoms with van der Waals surface area (Å²) < 4.78 is 45.4. The molecule has 28 heavy (non-hydrogen) atoms. The summed E-state index contributed by atoms with van der Waals surface area (Å²) in [6.07, 6.45) is -1.90. The molecule has 1 aromatic carbocycles. The third-order valence-corrected chi connectivity index (χ3v) is 4.93. The van der Waals surface area contributed by atoms with Gasteiger partial charge in [0.1, 0.15) is 5.82 Å². The Hall–Kier alpha value is -2.48. The molecule has 2 N–H and O–H groups in total. The lowest BCUT2D eigenvalue weighted by Gasteiger charge is -2.29. The van der Waals surface area contributed by atoms with Gasteiger partial charge in [0, 0.05) is 17.2 Å². The molecule has 5 nitrogen and oxygen atoms in total. The largest absolute Gasteiger partial charge is 0.463 e. The van der Waals surface area contributed by atoms with Crippen LogP contribution >= 0.6 is 11.6 Å². The molecule has 1 unspecified atom stereocenters. The fraction of sp³-hybridized carbons (Fsp3) is 0.368. The van der Waals surface area contributed by atoms with Gasteiger partial charge in [-0.05, 0) is 25.0 Å². The van der Waals surface area contributed by atoms with E-state index in [1.807, 2.05) is 6.92 Å². The summed E-state index contributed by atoms with van der Waals surface area (Å²) in [5, 5.41) is 9.46. The van der Waals surface area contributed by atoms with Crippen molar-refractivity contribution < 1.29 is 22.7 Å². The van der Waals surface area contributed by atoms with Crippen LogP contribution in [-0.2, 0) is 15.7 Å². The zero-order chi connectivity index (χ0) is 20.5. The average molecular weight is 414 g/mol. The van der Waals surface area contributed by atoms with Crippen molar-refractivity contribution in [2.45, 2.75) is 38.8 Å². The van der Waals surface area contributed by atoms with E-state index in [4.69, 9.17) is 16.3 Å². The highest BCUT2D eigenvalue weighted by Gasteiger charge is 2.39. The predicted octanol–water partition coefficient (Wildman–Crippen LogP) is 5.26. The fourth-order valence-corrected chi connectivity index (χ4v) is 3.72. The molecule has 0 aliphatic carbocycles. The van der Waals surface area contributed by atoms with Crippen molar-refractivity contribution in [2.24, 2.45) is 0 Å². The van der Waals surface area contributed by atoms with E-state index < -0.39 is 28.6 Å². The first-order valence-electron chi connectivity index (χ1n) is 8.85. The highest BCUT2D eigenvalue weighted by atomic mass is 35.5. The second kappa shape index (κ2) is 7.87. The average Bonchev–Trinajstić information content (AvgIpc) is 3.08. The molecule has 3 rings (SSSR count). The number of esters is 1. The van der Waals surface area contributed by atoms with Gasteiger partial charge in [-0.1, -0.05) is 37.1 Å². The number of nitrogens with one attached hydrogen (secondary N) is 2. The first kappa shape index (κ1) is 20.3. The number of halogens is 4. The molecule has 0 bridgehead atoms. The summed E-state index contributed by atoms with van der Waals surface area (Å²) in [6.45, 7) is 3.75. The number of anilines is 1. The lowest BCUT2D eigenvalue weighted by atomic mass is 9.81. The Balaban J connectivity index is 2.25. The molecular weight excluding hydrogens is 395 g/mol. The van der Waals surface area contributed by atoms with Crippen LogP contribution in [0.15, 0.2) is 35.7 Å². The maximum Gasteiger partial charge on any atom is 0.417 e. The van der Waals surface area contributed by atoms with Crippen LogP contribution in [-0.4, -0.2) is 22.8 Å². The van der Waals surface area contributed by atoms with Crippen LogP contribution in [0.3, 0.4) is 0 Å². The van der Waals surface area contributed by atoms with Gasteiger partial charge in [-0.25, -0.2) is 4.79 Å². The van der Waals surface area contributed by atoms with Gasteiger partial charge in [0.15, 0.2) is 0 Å². The first-order chi connectivity index (χ1) is 13.3. The Bertz CT molecular complexity index is 921. The van der Waals surface area contributed by atoms with Crippen molar-refractivity contribution in [3.8, 4) is 0 Å². The molecule has 0 saturated heterocycles. The molecule has 1 atom stereocenters. The molecule has 1 aromatic heterocycles. The molecule has 2 heterocycles. The lowest BCUT2D eigenvalue weighted by molar-refractivity contribution is -0.139. The number of aromatic nitrogens is 2. The molecule has 2 aromatic rings. The Morgan fingerprint density at radius 1 is 1.29 bits per heavy atom. The van der Waals surface area contributed by atoms with Gasteiger partial charge in [0.2, 0.25) is 0 Å². The van der Waals surface area contributed by atoms with E-state index in [0.717, 1.165) is 12.5 Å². The summed E-state index contributed by atoms with van der Waals surface area (Å²) in [5.74, 6) is -0.899. The van der Waals surface area contributed by atoms with Crippen LogP contribution < -0.4 is 5.32 Å². The predicted molar refractivity (Wildman–Crippen MR) is 99.1 cm³/mol. The van der Waals surface area contributed by atoms with E-state index in [0.29, 0.717) is 23.5 Å². The number of hydrogen-bond donors (Lipinski definition) is 2. The normalized spacial score (nSPS) is 16.6. The molecule has 150 valence electrons. The van der Waals surface area contributed by atoms with Gasteiger partial charge in [0.25, 0.3) is 0 Å². The fourth-order valence-electron chi connectivity index (χ4n) is 3.37. The smallest absolute Gasteiger partial charge is 0.417 e. The molecule has 0 amide bonds. The molecule has 0 spiro atoms. The minimum absolute atomic E-state index is 0.142. The zero-order valence-corrected chi connectivity index (χ0v) is 16.0. The number of fused-ring (bicyclic) bond motifs is 1. The Kier molecular flexibility index (Phi) is 5.69. The van der Waals surface area contributed by atoms with Crippen LogP contribution in [0, 0.1) is 0 Å². The highest BCUT2D eigenvalue weighted by molar-refractivity contribution is 6.32. The minimum atomic E-state index is -4.61. The quantitative estimate of drug-likeness (QED) is 0.656. The number of allylic oxidation sites excluding steroid dienone is 1. The number of ether oxygens (including phenoxy) is 1. The molecular formula is C19H19ClF3N3O2. The van der Waals surface area contributed by atoms with Crippen molar-refractivity contribution in [1.29, 1.82) is 0 Å². The van der Waals surface area contributed by atoms with Crippen molar-refractivity contribution >= 4 is 23.4 Å². The van der Waals surface area contributed by atoms with Crippen molar-refractivity contribution in [1.82, 2.24) is 10.2 Å². The van der Waals surface area contributed by atoms with Crippen LogP contribution in [0.1, 0.15) is 49.3 Å². The van der Waals surface area contributed by atoms with E-state index in [1.165, 1.54) is 18.3 Å². The number of hydrogen-bond acceptors (Lipinski definition) is 4. The standard InChI is InChI=1S/C19H19ClF3N3O2/c1-3-6-13-15(18(27)28-4-2)14(11-9-24-26-17(11)25-13)10-7-5-8-12(16(10)20)19(21,22)23/h5,7-9,14H,3-4,6H2,1-2H3,(H2,24,25,26). The van der Waals surface area contributed by atoms with Gasteiger partial charge < -0.3 is 10.1 Å². The second-order valence-electron chi connectivity index (χ2n) is 6.33. The summed E-state index contributed by atoms with van der Waals surface area (Å²) in [4.78, 5) is 12.8. The third-order valence-electron chi connectivity index (χ3n) is 4.51. The molecule has 9 heteroatoms. The summed E-state index contributed by atoms with van der Waals surface area (Å²) in [5.41, 5.74) is 0.590. The highest BCUT2D eigenvalue weighted by Crippen LogP contribution is 2.47. The van der Waals surface area contributed by atoms with Crippen LogP contribution in [0.25, 0.3) is 0 Å². The number of benzene rings is 1. The molecule has 1 aliphatic heterocycles. The summed E-state index contributed by atoms with van der Waals surface area (Å²) >= 11 is 6.19. The van der Waals surface area contributed by atoms with Gasteiger partial charge in [0.05, 0.1) is 29.0 Å². The van der Waals surface area contributed by atoms with Crippen molar-refractivity contribution in [3.05, 3.63) is 57.4 Å². The second-order valence-corrected chi connectivity index (χ2v) is 6.71. The van der Waals surface area contributed by atoms with E-state index in [-0.39, 0.29) is 17.7 Å². The zero-order valence-electron chi connectivity index (χ0n) is 15.3. The topological polar surface area (TPSA) is 67.0 Å². The van der Waals surface area contributed by atoms with E-state index in [1.54, 1.807) is 6.92 Å². The molecule has 0 radical (unpaired) electrons. The lowest BCUT2D eigenvalue weighted by Crippen LogP contribution is -2.25. The van der Waals surface area contributed by atoms with Gasteiger partial charge in [-0.3, -0.25) is 5.10 Å². The number of carbonyl (C=O) groups excluding carboxylic acids is 1. The number of carbonyl (C=O) groups is 1. The molecule has 1 aliphatic rings. The first-order valence-corrected chi connectivity index (χ1v) is 9.23. The van der Waals surface area contributed by atoms with E-state index in [9.17, 15) is 18.0 Å². The van der Waals surface area contributed by atoms with E-state index >= 15 is 0 Å². The van der Waals surface area contributed by atoms with E-state index in [2.05, 4.69) is 15.5 Å². The van der Waals surface area contributed by atoms with Crippen LogP contribution in [0.5, 0.6) is 0 Å². The van der Waals surface area contributed by atoms with Gasteiger partial charge >= 0.3 is 12.1 Å². The number of alkyl halides is 3. The molecule has 0 saturated carbocycles. The maximum absolute atomic E-state index is 13.4. The van der Waals surface area contributed by atoms with Gasteiger partial charge in [-0.2, -0.15) is 18.3 Å². The Labute approximate surface area is 164 Å². The Morgan fingerprint density at radius 2 is 2.04 bits per heavy atom. The number of aromatic amines is 1. The SMILES string of the molecule is CCCC1=C(C(=O)OCC)C(c2cccc(C(F)(F)F)c2Cl)c2cn[nH]c2N1. The van der Waals surface area contributed by atoms with Crippen molar-refractivity contribution in [3.63, 3.8) is 0 Å². The van der Waals surface area contributed by atoms with Crippen LogP contribution in [0.2, 0.25) is 5.02 Å².